The number of hydrogen-bond donors (Lipinski definition) is 1. The molecule has 0 atom stereocenters. The first-order chi connectivity index (χ1) is 8.16. The molecule has 1 saturated carbocycles. The maximum absolute atomic E-state index is 11.8. The average molecular weight is 319 g/mol. The molecular weight excluding hydrogens is 305 g/mol. The minimum atomic E-state index is -0.250. The number of halogens is 2. The van der Waals surface area contributed by atoms with E-state index in [1.165, 1.54) is 12.8 Å². The summed E-state index contributed by atoms with van der Waals surface area (Å²) in [4.78, 5) is 17.2. The van der Waals surface area contributed by atoms with E-state index in [0.717, 1.165) is 12.8 Å². The molecule has 2 rings (SSSR count). The Morgan fingerprint density at radius 3 is 2.76 bits per heavy atom. The third-order valence-corrected chi connectivity index (χ3v) is 3.69. The molecule has 0 unspecified atom stereocenters. The molecule has 0 spiro atoms. The molecule has 5 heteroatoms. The number of hydrogen-bond acceptors (Lipinski definition) is 2. The van der Waals surface area contributed by atoms with E-state index in [1.807, 2.05) is 0 Å². The van der Waals surface area contributed by atoms with Gasteiger partial charge in [-0.25, -0.2) is 5.48 Å². The largest absolute Gasteiger partial charge is 0.275 e. The van der Waals surface area contributed by atoms with E-state index in [-0.39, 0.29) is 12.0 Å². The van der Waals surface area contributed by atoms with Crippen molar-refractivity contribution in [2.24, 2.45) is 0 Å². The molecule has 1 amide bonds. The summed E-state index contributed by atoms with van der Waals surface area (Å²) in [5.41, 5.74) is 3.01. The van der Waals surface area contributed by atoms with Gasteiger partial charge in [0.2, 0.25) is 0 Å². The van der Waals surface area contributed by atoms with Gasteiger partial charge in [-0.2, -0.15) is 0 Å². The normalized spacial score (nSPS) is 16.1. The van der Waals surface area contributed by atoms with Gasteiger partial charge in [-0.15, -0.1) is 0 Å². The van der Waals surface area contributed by atoms with Crippen LogP contribution in [0, 0.1) is 0 Å². The van der Waals surface area contributed by atoms with Crippen LogP contribution >= 0.6 is 27.5 Å². The minimum absolute atomic E-state index is 0.157. The van der Waals surface area contributed by atoms with Gasteiger partial charge < -0.3 is 0 Å². The quantitative estimate of drug-likeness (QED) is 0.863. The van der Waals surface area contributed by atoms with E-state index >= 15 is 0 Å². The smallest absolute Gasteiger partial charge is 0.270 e. The minimum Gasteiger partial charge on any atom is -0.270 e. The van der Waals surface area contributed by atoms with Crippen LogP contribution in [0.1, 0.15) is 36.0 Å². The molecular formula is C12H13BrClNO2. The summed E-state index contributed by atoms with van der Waals surface area (Å²) in [5, 5.41) is 0.588. The fourth-order valence-corrected chi connectivity index (χ4v) is 2.73. The number of carbonyl (C=O) groups excluding carboxylic acids is 1. The molecule has 0 aliphatic heterocycles. The van der Waals surface area contributed by atoms with Gasteiger partial charge in [0, 0.05) is 9.50 Å². The SMILES string of the molecule is O=C(NOC1CCCC1)c1ccc(Cl)cc1Br. The first-order valence-electron chi connectivity index (χ1n) is 5.58. The van der Waals surface area contributed by atoms with Crippen LogP contribution in [-0.2, 0) is 4.84 Å². The fourth-order valence-electron chi connectivity index (χ4n) is 1.87. The highest BCUT2D eigenvalue weighted by atomic mass is 79.9. The summed E-state index contributed by atoms with van der Waals surface area (Å²) in [5.74, 6) is -0.250. The Morgan fingerprint density at radius 2 is 2.12 bits per heavy atom. The average Bonchev–Trinajstić information content (AvgIpc) is 2.78. The molecule has 0 saturated heterocycles. The summed E-state index contributed by atoms with van der Waals surface area (Å²) < 4.78 is 0.664. The van der Waals surface area contributed by atoms with E-state index in [4.69, 9.17) is 16.4 Å². The van der Waals surface area contributed by atoms with Crippen molar-refractivity contribution in [3.8, 4) is 0 Å². The van der Waals surface area contributed by atoms with E-state index in [2.05, 4.69) is 21.4 Å². The second-order valence-corrected chi connectivity index (χ2v) is 5.37. The van der Waals surface area contributed by atoms with E-state index < -0.39 is 0 Å². The predicted octanol–water partition coefficient (Wildman–Crippen LogP) is 3.71. The molecule has 0 heterocycles. The first-order valence-corrected chi connectivity index (χ1v) is 6.75. The van der Waals surface area contributed by atoms with Crippen LogP contribution in [-0.4, -0.2) is 12.0 Å². The van der Waals surface area contributed by atoms with Crippen LogP contribution in [0.4, 0.5) is 0 Å². The summed E-state index contributed by atoms with van der Waals surface area (Å²) >= 11 is 9.11. The molecule has 0 bridgehead atoms. The highest BCUT2D eigenvalue weighted by molar-refractivity contribution is 9.10. The highest BCUT2D eigenvalue weighted by Gasteiger charge is 2.18. The molecule has 1 aromatic carbocycles. The van der Waals surface area contributed by atoms with Crippen LogP contribution in [0.5, 0.6) is 0 Å². The Kier molecular flexibility index (Phi) is 4.42. The van der Waals surface area contributed by atoms with E-state index in [1.54, 1.807) is 18.2 Å². The van der Waals surface area contributed by atoms with Crippen molar-refractivity contribution in [2.45, 2.75) is 31.8 Å². The second-order valence-electron chi connectivity index (χ2n) is 4.08. The lowest BCUT2D eigenvalue weighted by atomic mass is 10.2. The molecule has 1 fully saturated rings. The highest BCUT2D eigenvalue weighted by Crippen LogP contribution is 2.22. The number of hydroxylamine groups is 1. The standard InChI is InChI=1S/C12H13BrClNO2/c13-11-7-8(14)5-6-10(11)12(16)15-17-9-3-1-2-4-9/h5-7,9H,1-4H2,(H,15,16). The van der Waals surface area contributed by atoms with Gasteiger partial charge in [0.25, 0.3) is 5.91 Å². The maximum atomic E-state index is 11.8. The molecule has 1 aromatic rings. The number of nitrogens with one attached hydrogen (secondary N) is 1. The van der Waals surface area contributed by atoms with Crippen LogP contribution in [0.2, 0.25) is 5.02 Å². The van der Waals surface area contributed by atoms with Crippen LogP contribution in [0.25, 0.3) is 0 Å². The monoisotopic (exact) mass is 317 g/mol. The van der Waals surface area contributed by atoms with Crippen molar-refractivity contribution in [3.05, 3.63) is 33.3 Å². The number of carbonyl (C=O) groups is 1. The van der Waals surface area contributed by atoms with Crippen LogP contribution < -0.4 is 5.48 Å². The lowest BCUT2D eigenvalue weighted by molar-refractivity contribution is -0.0125. The zero-order valence-electron chi connectivity index (χ0n) is 9.21. The van der Waals surface area contributed by atoms with Crippen LogP contribution in [0.3, 0.4) is 0 Å². The molecule has 0 aromatic heterocycles. The summed E-state index contributed by atoms with van der Waals surface area (Å²) in [6.45, 7) is 0. The van der Waals surface area contributed by atoms with Crippen molar-refractivity contribution in [1.82, 2.24) is 5.48 Å². The van der Waals surface area contributed by atoms with Crippen molar-refractivity contribution >= 4 is 33.4 Å². The Morgan fingerprint density at radius 1 is 1.41 bits per heavy atom. The molecule has 1 aliphatic carbocycles. The Bertz CT molecular complexity index is 419. The van der Waals surface area contributed by atoms with E-state index in [9.17, 15) is 4.79 Å². The first kappa shape index (κ1) is 12.9. The second kappa shape index (κ2) is 5.85. The van der Waals surface area contributed by atoms with Gasteiger partial charge in [0.1, 0.15) is 0 Å². The topological polar surface area (TPSA) is 38.3 Å². The maximum Gasteiger partial charge on any atom is 0.275 e. The Hall–Kier alpha value is -0.580. The van der Waals surface area contributed by atoms with Gasteiger partial charge >= 0.3 is 0 Å². The number of rotatable bonds is 3. The molecule has 1 aliphatic rings. The lowest BCUT2D eigenvalue weighted by Crippen LogP contribution is -2.28. The number of amides is 1. The van der Waals surface area contributed by atoms with Crippen LogP contribution in [0.15, 0.2) is 22.7 Å². The van der Waals surface area contributed by atoms with Gasteiger partial charge in [-0.3, -0.25) is 9.63 Å². The van der Waals surface area contributed by atoms with Gasteiger partial charge in [-0.1, -0.05) is 24.4 Å². The zero-order valence-corrected chi connectivity index (χ0v) is 11.6. The Labute approximate surface area is 114 Å². The van der Waals surface area contributed by atoms with Gasteiger partial charge in [0.05, 0.1) is 11.7 Å². The Balaban J connectivity index is 1.94. The molecule has 92 valence electrons. The lowest BCUT2D eigenvalue weighted by Gasteiger charge is -2.12. The summed E-state index contributed by atoms with van der Waals surface area (Å²) in [6.07, 6.45) is 4.53. The van der Waals surface area contributed by atoms with Gasteiger partial charge in [-0.05, 0) is 47.0 Å². The van der Waals surface area contributed by atoms with E-state index in [0.29, 0.717) is 15.1 Å². The molecule has 17 heavy (non-hydrogen) atoms. The third kappa shape index (κ3) is 3.44. The molecule has 0 radical (unpaired) electrons. The fraction of sp³-hybridized carbons (Fsp3) is 0.417. The van der Waals surface area contributed by atoms with Crippen molar-refractivity contribution in [3.63, 3.8) is 0 Å². The summed E-state index contributed by atoms with van der Waals surface area (Å²) in [7, 11) is 0. The van der Waals surface area contributed by atoms with Crippen molar-refractivity contribution in [2.75, 3.05) is 0 Å². The zero-order chi connectivity index (χ0) is 12.3. The summed E-state index contributed by atoms with van der Waals surface area (Å²) in [6, 6.07) is 5.03. The van der Waals surface area contributed by atoms with Crippen molar-refractivity contribution in [1.29, 1.82) is 0 Å². The van der Waals surface area contributed by atoms with Crippen molar-refractivity contribution < 1.29 is 9.63 Å². The third-order valence-electron chi connectivity index (χ3n) is 2.80. The molecule has 1 N–H and O–H groups in total. The molecule has 3 nitrogen and oxygen atoms in total. The van der Waals surface area contributed by atoms with Gasteiger partial charge in [0.15, 0.2) is 0 Å². The predicted molar refractivity (Wildman–Crippen MR) is 70.0 cm³/mol. The number of benzene rings is 1.